The average molecular weight is 302 g/mol. The van der Waals surface area contributed by atoms with E-state index in [0.717, 1.165) is 4.47 Å². The van der Waals surface area contributed by atoms with Crippen molar-refractivity contribution in [2.75, 3.05) is 0 Å². The van der Waals surface area contributed by atoms with Gasteiger partial charge in [0.25, 0.3) is 0 Å². The van der Waals surface area contributed by atoms with E-state index in [1.165, 1.54) is 0 Å². The summed E-state index contributed by atoms with van der Waals surface area (Å²) in [4.78, 5) is 20.6. The Morgan fingerprint density at radius 3 is 2.61 bits per heavy atom. The smallest absolute Gasteiger partial charge is 0.234 e. The van der Waals surface area contributed by atoms with Gasteiger partial charge in [0.2, 0.25) is 11.6 Å². The molecule has 0 amide bonds. The fourth-order valence-corrected chi connectivity index (χ4v) is 2.06. The molecule has 0 unspecified atom stereocenters. The summed E-state index contributed by atoms with van der Waals surface area (Å²) < 4.78 is 2.48. The summed E-state index contributed by atoms with van der Waals surface area (Å²) in [6.07, 6.45) is 4.98. The highest BCUT2D eigenvalue weighted by Crippen LogP contribution is 2.14. The lowest BCUT2D eigenvalue weighted by Crippen LogP contribution is -2.05. The lowest BCUT2D eigenvalue weighted by Gasteiger charge is -2.01. The molecule has 1 aromatic carbocycles. The molecule has 0 atom stereocenters. The van der Waals surface area contributed by atoms with E-state index in [0.29, 0.717) is 17.0 Å². The van der Waals surface area contributed by atoms with Crippen LogP contribution >= 0.6 is 15.9 Å². The molecule has 3 rings (SSSR count). The van der Waals surface area contributed by atoms with Crippen molar-refractivity contribution in [2.45, 2.75) is 0 Å². The van der Waals surface area contributed by atoms with Gasteiger partial charge in [-0.2, -0.15) is 0 Å². The largest absolute Gasteiger partial charge is 0.287 e. The summed E-state index contributed by atoms with van der Waals surface area (Å²) in [6, 6.07) is 9.12. The maximum Gasteiger partial charge on any atom is 0.234 e. The number of hydrogen-bond donors (Lipinski definition) is 0. The molecule has 0 radical (unpaired) electrons. The normalized spacial score (nSPS) is 10.7. The first-order valence-electron chi connectivity index (χ1n) is 5.34. The third-order valence-electron chi connectivity index (χ3n) is 2.60. The summed E-state index contributed by atoms with van der Waals surface area (Å²) in [6.45, 7) is 0. The standard InChI is InChI=1S/C13H8BrN3O/c14-10-6-15-13-16-7-11(17(13)8-10)12(18)9-4-2-1-3-5-9/h1-8H. The molecule has 0 saturated heterocycles. The van der Waals surface area contributed by atoms with Crippen LogP contribution in [0.3, 0.4) is 0 Å². The number of fused-ring (bicyclic) bond motifs is 1. The SMILES string of the molecule is O=C(c1ccccc1)c1cnc2ncc(Br)cn12. The molecule has 0 aliphatic carbocycles. The maximum absolute atomic E-state index is 12.3. The lowest BCUT2D eigenvalue weighted by atomic mass is 10.1. The molecule has 2 heterocycles. The van der Waals surface area contributed by atoms with Crippen LogP contribution < -0.4 is 0 Å². The number of nitrogens with zero attached hydrogens (tertiary/aromatic N) is 3. The number of hydrogen-bond acceptors (Lipinski definition) is 3. The van der Waals surface area contributed by atoms with Crippen molar-refractivity contribution >= 4 is 27.5 Å². The van der Waals surface area contributed by atoms with Crippen molar-refractivity contribution < 1.29 is 4.79 Å². The fraction of sp³-hybridized carbons (Fsp3) is 0. The van der Waals surface area contributed by atoms with Crippen molar-refractivity contribution in [2.24, 2.45) is 0 Å². The molecular formula is C13H8BrN3O. The van der Waals surface area contributed by atoms with Crippen LogP contribution in [0.15, 0.2) is 53.4 Å². The van der Waals surface area contributed by atoms with E-state index in [1.807, 2.05) is 18.2 Å². The second-order valence-electron chi connectivity index (χ2n) is 3.78. The zero-order valence-corrected chi connectivity index (χ0v) is 10.8. The van der Waals surface area contributed by atoms with E-state index < -0.39 is 0 Å². The van der Waals surface area contributed by atoms with Crippen molar-refractivity contribution in [1.29, 1.82) is 0 Å². The Morgan fingerprint density at radius 2 is 1.83 bits per heavy atom. The molecule has 0 spiro atoms. The van der Waals surface area contributed by atoms with Gasteiger partial charge in [0.05, 0.1) is 10.7 Å². The zero-order valence-electron chi connectivity index (χ0n) is 9.25. The molecule has 0 bridgehead atoms. The number of halogens is 1. The van der Waals surface area contributed by atoms with Crippen LogP contribution in [-0.2, 0) is 0 Å². The Hall–Kier alpha value is -2.01. The molecule has 0 aliphatic heterocycles. The monoisotopic (exact) mass is 301 g/mol. The molecular weight excluding hydrogens is 294 g/mol. The minimum absolute atomic E-state index is 0.0667. The van der Waals surface area contributed by atoms with Gasteiger partial charge in [0.15, 0.2) is 0 Å². The first-order valence-corrected chi connectivity index (χ1v) is 6.13. The Bertz CT molecular complexity index is 721. The van der Waals surface area contributed by atoms with Gasteiger partial charge < -0.3 is 0 Å². The van der Waals surface area contributed by atoms with Crippen LogP contribution in [0.5, 0.6) is 0 Å². The van der Waals surface area contributed by atoms with Crippen molar-refractivity contribution in [3.05, 3.63) is 64.7 Å². The molecule has 18 heavy (non-hydrogen) atoms. The lowest BCUT2D eigenvalue weighted by molar-refractivity contribution is 0.103. The average Bonchev–Trinajstić information content (AvgIpc) is 2.82. The molecule has 88 valence electrons. The van der Waals surface area contributed by atoms with Gasteiger partial charge >= 0.3 is 0 Å². The Labute approximate surface area is 111 Å². The van der Waals surface area contributed by atoms with Crippen LogP contribution in [0.1, 0.15) is 16.1 Å². The molecule has 2 aromatic heterocycles. The number of imidazole rings is 1. The summed E-state index contributed by atoms with van der Waals surface area (Å²) >= 11 is 3.33. The first-order chi connectivity index (χ1) is 8.75. The highest BCUT2D eigenvalue weighted by molar-refractivity contribution is 9.10. The minimum Gasteiger partial charge on any atom is -0.287 e. The minimum atomic E-state index is -0.0667. The third kappa shape index (κ3) is 1.82. The second-order valence-corrected chi connectivity index (χ2v) is 4.70. The summed E-state index contributed by atoms with van der Waals surface area (Å²) in [5.41, 5.74) is 1.14. The number of carbonyl (C=O) groups excluding carboxylic acids is 1. The third-order valence-corrected chi connectivity index (χ3v) is 3.01. The molecule has 0 saturated carbocycles. The highest BCUT2D eigenvalue weighted by atomic mass is 79.9. The predicted octanol–water partition coefficient (Wildman–Crippen LogP) is 2.72. The Kier molecular flexibility index (Phi) is 2.68. The van der Waals surface area contributed by atoms with Gasteiger partial charge in [-0.15, -0.1) is 0 Å². The van der Waals surface area contributed by atoms with Crippen molar-refractivity contribution in [3.8, 4) is 0 Å². The highest BCUT2D eigenvalue weighted by Gasteiger charge is 2.14. The number of carbonyl (C=O) groups is 1. The summed E-state index contributed by atoms with van der Waals surface area (Å²) in [5, 5.41) is 0. The van der Waals surface area contributed by atoms with Crippen molar-refractivity contribution in [3.63, 3.8) is 0 Å². The van der Waals surface area contributed by atoms with Gasteiger partial charge in [-0.25, -0.2) is 9.97 Å². The van der Waals surface area contributed by atoms with Crippen LogP contribution in [0.25, 0.3) is 5.78 Å². The first kappa shape index (κ1) is 11.1. The quantitative estimate of drug-likeness (QED) is 0.684. The maximum atomic E-state index is 12.3. The van der Waals surface area contributed by atoms with E-state index >= 15 is 0 Å². The topological polar surface area (TPSA) is 47.3 Å². The summed E-state index contributed by atoms with van der Waals surface area (Å²) in [7, 11) is 0. The van der Waals surface area contributed by atoms with E-state index in [1.54, 1.807) is 35.1 Å². The van der Waals surface area contributed by atoms with E-state index in [-0.39, 0.29) is 5.78 Å². The Morgan fingerprint density at radius 1 is 1.11 bits per heavy atom. The van der Waals surface area contributed by atoms with Crippen LogP contribution in [0.2, 0.25) is 0 Å². The van der Waals surface area contributed by atoms with Crippen LogP contribution in [0.4, 0.5) is 0 Å². The van der Waals surface area contributed by atoms with Gasteiger partial charge in [0, 0.05) is 18.0 Å². The number of aromatic nitrogens is 3. The van der Waals surface area contributed by atoms with Gasteiger partial charge in [-0.05, 0) is 15.9 Å². The number of ketones is 1. The second kappa shape index (κ2) is 4.34. The number of benzene rings is 1. The molecule has 0 fully saturated rings. The van der Waals surface area contributed by atoms with E-state index in [2.05, 4.69) is 25.9 Å². The number of rotatable bonds is 2. The van der Waals surface area contributed by atoms with Gasteiger partial charge in [-0.3, -0.25) is 9.20 Å². The van der Waals surface area contributed by atoms with E-state index in [9.17, 15) is 4.79 Å². The molecule has 3 aromatic rings. The van der Waals surface area contributed by atoms with Gasteiger partial charge in [0.1, 0.15) is 5.69 Å². The van der Waals surface area contributed by atoms with Crippen LogP contribution in [0, 0.1) is 0 Å². The summed E-state index contributed by atoms with van der Waals surface area (Å²) in [5.74, 6) is 0.445. The van der Waals surface area contributed by atoms with E-state index in [4.69, 9.17) is 0 Å². The predicted molar refractivity (Wildman–Crippen MR) is 70.6 cm³/mol. The zero-order chi connectivity index (χ0) is 12.5. The molecule has 0 aliphatic rings. The van der Waals surface area contributed by atoms with Crippen molar-refractivity contribution in [1.82, 2.24) is 14.4 Å². The molecule has 4 nitrogen and oxygen atoms in total. The Balaban J connectivity index is 2.15. The molecule has 0 N–H and O–H groups in total. The van der Waals surface area contributed by atoms with Crippen LogP contribution in [-0.4, -0.2) is 20.2 Å². The molecule has 5 heteroatoms. The van der Waals surface area contributed by atoms with Gasteiger partial charge in [-0.1, -0.05) is 30.3 Å². The fourth-order valence-electron chi connectivity index (χ4n) is 1.76.